The Hall–Kier alpha value is -2.76. The molecule has 1 aromatic heterocycles. The van der Waals surface area contributed by atoms with Crippen molar-refractivity contribution >= 4 is 11.9 Å². The lowest BCUT2D eigenvalue weighted by molar-refractivity contribution is -0.127. The normalized spacial score (nSPS) is 16.1. The summed E-state index contributed by atoms with van der Waals surface area (Å²) in [6.45, 7) is 0.127. The molecule has 2 heterocycles. The van der Waals surface area contributed by atoms with Crippen molar-refractivity contribution in [1.29, 1.82) is 0 Å². The van der Waals surface area contributed by atoms with Gasteiger partial charge in [-0.05, 0) is 23.8 Å². The van der Waals surface area contributed by atoms with Crippen LogP contribution in [0.15, 0.2) is 40.8 Å². The lowest BCUT2D eigenvalue weighted by Gasteiger charge is -2.10. The van der Waals surface area contributed by atoms with Crippen molar-refractivity contribution in [1.82, 2.24) is 5.32 Å². The molecule has 0 spiro atoms. The van der Waals surface area contributed by atoms with E-state index in [-0.39, 0.29) is 18.2 Å². The second-order valence-electron chi connectivity index (χ2n) is 4.71. The maximum Gasteiger partial charge on any atom is 0.371 e. The summed E-state index contributed by atoms with van der Waals surface area (Å²) in [5, 5.41) is 11.4. The molecular weight excluding hydrogens is 274 g/mol. The van der Waals surface area contributed by atoms with Crippen molar-refractivity contribution in [2.75, 3.05) is 0 Å². The van der Waals surface area contributed by atoms with Crippen molar-refractivity contribution in [3.05, 3.63) is 53.5 Å². The smallest absolute Gasteiger partial charge is 0.371 e. The van der Waals surface area contributed by atoms with Crippen LogP contribution in [0.5, 0.6) is 5.75 Å². The summed E-state index contributed by atoms with van der Waals surface area (Å²) in [6, 6.07) is 10.4. The molecule has 2 N–H and O–H groups in total. The van der Waals surface area contributed by atoms with Gasteiger partial charge in [-0.15, -0.1) is 0 Å². The third kappa shape index (κ3) is 2.74. The number of carbonyl (C=O) groups excluding carboxylic acids is 1. The third-order valence-corrected chi connectivity index (χ3v) is 3.25. The van der Waals surface area contributed by atoms with Gasteiger partial charge in [0.05, 0.1) is 6.54 Å². The molecule has 6 heteroatoms. The minimum absolute atomic E-state index is 0.127. The van der Waals surface area contributed by atoms with Gasteiger partial charge in [-0.3, -0.25) is 4.79 Å². The highest BCUT2D eigenvalue weighted by Gasteiger charge is 2.28. The largest absolute Gasteiger partial charge is 0.480 e. The van der Waals surface area contributed by atoms with Crippen molar-refractivity contribution in [2.24, 2.45) is 0 Å². The monoisotopic (exact) mass is 287 g/mol. The highest BCUT2D eigenvalue weighted by Crippen LogP contribution is 2.28. The molecule has 2 aromatic rings. The fourth-order valence-corrected chi connectivity index (χ4v) is 2.20. The van der Waals surface area contributed by atoms with E-state index in [4.69, 9.17) is 14.3 Å². The zero-order valence-electron chi connectivity index (χ0n) is 11.0. The highest BCUT2D eigenvalue weighted by molar-refractivity contribution is 5.84. The van der Waals surface area contributed by atoms with Gasteiger partial charge in [-0.2, -0.15) is 0 Å². The molecule has 1 atom stereocenters. The summed E-state index contributed by atoms with van der Waals surface area (Å²) in [5.41, 5.74) is 1.00. The van der Waals surface area contributed by atoms with Gasteiger partial charge >= 0.3 is 5.97 Å². The van der Waals surface area contributed by atoms with Gasteiger partial charge in [0.1, 0.15) is 11.5 Å². The van der Waals surface area contributed by atoms with Crippen LogP contribution in [0.4, 0.5) is 0 Å². The molecule has 1 aliphatic rings. The fourth-order valence-electron chi connectivity index (χ4n) is 2.20. The van der Waals surface area contributed by atoms with Crippen LogP contribution in [-0.2, 0) is 17.8 Å². The summed E-state index contributed by atoms with van der Waals surface area (Å²) in [6.07, 6.45) is -0.0307. The summed E-state index contributed by atoms with van der Waals surface area (Å²) >= 11 is 0. The molecule has 21 heavy (non-hydrogen) atoms. The number of amides is 1. The Bertz CT molecular complexity index is 666. The van der Waals surface area contributed by atoms with E-state index in [2.05, 4.69) is 5.32 Å². The lowest BCUT2D eigenvalue weighted by Crippen LogP contribution is -2.36. The number of aromatic carboxylic acids is 1. The molecule has 1 aromatic carbocycles. The first kappa shape index (κ1) is 13.2. The molecule has 0 fully saturated rings. The zero-order chi connectivity index (χ0) is 14.8. The van der Waals surface area contributed by atoms with Crippen molar-refractivity contribution < 1.29 is 23.8 Å². The minimum atomic E-state index is -1.14. The molecule has 0 saturated heterocycles. The molecule has 3 rings (SSSR count). The maximum absolute atomic E-state index is 12.0. The van der Waals surface area contributed by atoms with Gasteiger partial charge in [0, 0.05) is 6.42 Å². The summed E-state index contributed by atoms with van der Waals surface area (Å²) < 4.78 is 10.6. The summed E-state index contributed by atoms with van der Waals surface area (Å²) in [4.78, 5) is 22.7. The number of rotatable bonds is 4. The number of furan rings is 1. The third-order valence-electron chi connectivity index (χ3n) is 3.25. The van der Waals surface area contributed by atoms with Gasteiger partial charge in [0.2, 0.25) is 5.76 Å². The topological polar surface area (TPSA) is 88.8 Å². The second-order valence-corrected chi connectivity index (χ2v) is 4.71. The van der Waals surface area contributed by atoms with E-state index in [0.717, 1.165) is 11.3 Å². The van der Waals surface area contributed by atoms with Crippen LogP contribution in [0.3, 0.4) is 0 Å². The van der Waals surface area contributed by atoms with Crippen LogP contribution >= 0.6 is 0 Å². The Morgan fingerprint density at radius 2 is 2.05 bits per heavy atom. The van der Waals surface area contributed by atoms with Crippen molar-refractivity contribution in [3.8, 4) is 5.75 Å². The minimum Gasteiger partial charge on any atom is -0.480 e. The summed E-state index contributed by atoms with van der Waals surface area (Å²) in [5.74, 6) is -0.425. The Balaban J connectivity index is 1.57. The number of fused-ring (bicyclic) bond motifs is 1. The van der Waals surface area contributed by atoms with E-state index in [1.54, 1.807) is 0 Å². The number of carboxylic acid groups (broad SMARTS) is 1. The molecule has 1 aliphatic heterocycles. The van der Waals surface area contributed by atoms with Gasteiger partial charge in [-0.1, -0.05) is 18.2 Å². The van der Waals surface area contributed by atoms with E-state index < -0.39 is 12.1 Å². The number of carboxylic acids is 1. The van der Waals surface area contributed by atoms with Crippen LogP contribution in [0.1, 0.15) is 21.9 Å². The van der Waals surface area contributed by atoms with Crippen molar-refractivity contribution in [3.63, 3.8) is 0 Å². The number of benzene rings is 1. The predicted octanol–water partition coefficient (Wildman–Crippen LogP) is 1.60. The lowest BCUT2D eigenvalue weighted by atomic mass is 10.1. The molecule has 6 nitrogen and oxygen atoms in total. The summed E-state index contributed by atoms with van der Waals surface area (Å²) in [7, 11) is 0. The Labute approximate surface area is 120 Å². The van der Waals surface area contributed by atoms with E-state index in [1.807, 2.05) is 24.3 Å². The van der Waals surface area contributed by atoms with Crippen LogP contribution in [0, 0.1) is 0 Å². The number of para-hydroxylation sites is 1. The molecule has 108 valence electrons. The average molecular weight is 287 g/mol. The highest BCUT2D eigenvalue weighted by atomic mass is 16.5. The van der Waals surface area contributed by atoms with Crippen LogP contribution in [0.2, 0.25) is 0 Å². The molecule has 0 aliphatic carbocycles. The Morgan fingerprint density at radius 3 is 2.76 bits per heavy atom. The van der Waals surface area contributed by atoms with Gasteiger partial charge in [0.25, 0.3) is 5.91 Å². The standard InChI is InChI=1S/C15H13NO5/c17-14(13-7-9-3-1-2-4-11(9)21-13)16-8-10-5-6-12(20-10)15(18)19/h1-6,13H,7-8H2,(H,16,17)(H,18,19). The SMILES string of the molecule is O=C(O)c1ccc(CNC(=O)C2Cc3ccccc3O2)o1. The fraction of sp³-hybridized carbons (Fsp3) is 0.200. The Kier molecular flexibility index (Phi) is 3.35. The van der Waals surface area contributed by atoms with Gasteiger partial charge in [-0.25, -0.2) is 4.79 Å². The predicted molar refractivity (Wildman–Crippen MR) is 72.1 cm³/mol. The first-order valence-electron chi connectivity index (χ1n) is 6.48. The zero-order valence-corrected chi connectivity index (χ0v) is 11.0. The van der Waals surface area contributed by atoms with E-state index >= 15 is 0 Å². The molecule has 1 unspecified atom stereocenters. The first-order valence-corrected chi connectivity index (χ1v) is 6.48. The first-order chi connectivity index (χ1) is 10.1. The quantitative estimate of drug-likeness (QED) is 0.891. The van der Waals surface area contributed by atoms with E-state index in [1.165, 1.54) is 12.1 Å². The maximum atomic E-state index is 12.0. The molecule has 0 radical (unpaired) electrons. The molecule has 1 amide bonds. The second kappa shape index (κ2) is 5.32. The van der Waals surface area contributed by atoms with Crippen LogP contribution < -0.4 is 10.1 Å². The molecular formula is C15H13NO5. The number of hydrogen-bond donors (Lipinski definition) is 2. The van der Waals surface area contributed by atoms with Gasteiger partial charge < -0.3 is 19.6 Å². The van der Waals surface area contributed by atoms with Crippen molar-refractivity contribution in [2.45, 2.75) is 19.1 Å². The van der Waals surface area contributed by atoms with Crippen LogP contribution in [0.25, 0.3) is 0 Å². The van der Waals surface area contributed by atoms with E-state index in [0.29, 0.717) is 12.2 Å². The average Bonchev–Trinajstić information content (AvgIpc) is 3.11. The van der Waals surface area contributed by atoms with E-state index in [9.17, 15) is 9.59 Å². The number of hydrogen-bond acceptors (Lipinski definition) is 4. The Morgan fingerprint density at radius 1 is 1.24 bits per heavy atom. The van der Waals surface area contributed by atoms with Gasteiger partial charge in [0.15, 0.2) is 6.10 Å². The molecule has 0 bridgehead atoms. The number of nitrogens with one attached hydrogen (secondary N) is 1. The molecule has 0 saturated carbocycles. The van der Waals surface area contributed by atoms with Crippen LogP contribution in [-0.4, -0.2) is 23.1 Å². The number of ether oxygens (including phenoxy) is 1. The number of carbonyl (C=O) groups is 2.